The lowest BCUT2D eigenvalue weighted by molar-refractivity contribution is -0.141. The third-order valence-electron chi connectivity index (χ3n) is 13.1. The lowest BCUT2D eigenvalue weighted by Gasteiger charge is -2.18. The molecule has 0 bridgehead atoms. The molecule has 22 heteroatoms. The van der Waals surface area contributed by atoms with Crippen molar-refractivity contribution in [2.24, 2.45) is 11.8 Å². The number of rotatable bonds is 18. The van der Waals surface area contributed by atoms with Crippen molar-refractivity contribution in [1.82, 2.24) is 19.7 Å². The number of furan rings is 2. The number of nitrogens with zero attached hydrogens (tertiary/aromatic N) is 1. The number of aryl methyl sites for hydroxylation is 2. The second-order valence-corrected chi connectivity index (χ2v) is 23.2. The Morgan fingerprint density at radius 1 is 0.481 bits per heavy atom. The summed E-state index contributed by atoms with van der Waals surface area (Å²) < 4.78 is 66.8. The number of aliphatic carboxylic acids is 2. The average Bonchev–Trinajstić information content (AvgIpc) is 3.99. The zero-order valence-electron chi connectivity index (χ0n) is 45.6. The normalized spacial score (nSPS) is 12.3. The number of sulfonamides is 2. The first kappa shape index (κ1) is 59.7. The van der Waals surface area contributed by atoms with Crippen LogP contribution in [0.3, 0.4) is 0 Å². The SMILES string of the molecule is CNC(=O)c1cccc2oc(C(=O)Nc3ccc(-c4ccc(S(=O)(=O)N[C@H](C(=O)O)C(C)C)cc4)cc3)c(C)c12.Cc1c(C(=O)Nc2ccc(-c3ccc(S(=O)(=O)N[C@H](C(=O)O)C(C)C)cc3)cc2)oc2cccc(C(=O)N(C)C)c12. The Labute approximate surface area is 467 Å². The predicted molar refractivity (Wildman–Crippen MR) is 306 cm³/mol. The van der Waals surface area contributed by atoms with Crippen LogP contribution in [0.25, 0.3) is 44.2 Å². The summed E-state index contributed by atoms with van der Waals surface area (Å²) in [6, 6.07) is 33.7. The minimum absolute atomic E-state index is 0.0475. The van der Waals surface area contributed by atoms with Gasteiger partial charge in [-0.25, -0.2) is 16.8 Å². The van der Waals surface area contributed by atoms with Crippen LogP contribution >= 0.6 is 0 Å². The minimum Gasteiger partial charge on any atom is -0.480 e. The molecule has 0 aliphatic carbocycles. The van der Waals surface area contributed by atoms with E-state index in [0.29, 0.717) is 55.6 Å². The van der Waals surface area contributed by atoms with Crippen LogP contribution in [0, 0.1) is 25.7 Å². The Morgan fingerprint density at radius 2 is 0.815 bits per heavy atom. The number of nitrogens with one attached hydrogen (secondary N) is 5. The lowest BCUT2D eigenvalue weighted by Crippen LogP contribution is -2.44. The molecule has 2 aromatic heterocycles. The van der Waals surface area contributed by atoms with E-state index in [1.54, 1.807) is 165 Å². The number of carboxylic acid groups (broad SMARTS) is 2. The average molecular weight is 1140 g/mol. The topological polar surface area (TPSA) is 301 Å². The number of carboxylic acids is 2. The number of carbonyl (C=O) groups excluding carboxylic acids is 4. The molecule has 7 N–H and O–H groups in total. The molecule has 6 aromatic carbocycles. The first-order chi connectivity index (χ1) is 38.2. The van der Waals surface area contributed by atoms with Crippen molar-refractivity contribution in [3.8, 4) is 22.3 Å². The van der Waals surface area contributed by atoms with Crippen LogP contribution in [0.4, 0.5) is 11.4 Å². The van der Waals surface area contributed by atoms with Gasteiger partial charge < -0.3 is 39.9 Å². The molecule has 8 aromatic rings. The molecule has 0 unspecified atom stereocenters. The fourth-order valence-corrected chi connectivity index (χ4v) is 11.4. The quantitative estimate of drug-likeness (QED) is 0.0422. The molecule has 2 heterocycles. The van der Waals surface area contributed by atoms with Gasteiger partial charge in [0.15, 0.2) is 11.5 Å². The van der Waals surface area contributed by atoms with Crippen molar-refractivity contribution in [3.05, 3.63) is 167 Å². The zero-order chi connectivity index (χ0) is 59.2. The molecule has 422 valence electrons. The van der Waals surface area contributed by atoms with Crippen LogP contribution in [0.1, 0.15) is 80.6 Å². The monoisotopic (exact) mass is 1140 g/mol. The van der Waals surface area contributed by atoms with E-state index < -0.39 is 67.7 Å². The highest BCUT2D eigenvalue weighted by atomic mass is 32.2. The van der Waals surface area contributed by atoms with Crippen LogP contribution in [-0.4, -0.2) is 101 Å². The van der Waals surface area contributed by atoms with Crippen molar-refractivity contribution in [2.75, 3.05) is 31.8 Å². The first-order valence-electron chi connectivity index (χ1n) is 25.2. The molecule has 0 aliphatic heterocycles. The Hall–Kier alpha value is -8.96. The van der Waals surface area contributed by atoms with Crippen LogP contribution in [0.2, 0.25) is 0 Å². The molecule has 81 heavy (non-hydrogen) atoms. The van der Waals surface area contributed by atoms with Crippen molar-refractivity contribution < 1.29 is 64.7 Å². The molecule has 0 radical (unpaired) electrons. The van der Waals surface area contributed by atoms with Crippen LogP contribution in [0.15, 0.2) is 152 Å². The standard InChI is InChI=1S/C30H31N3O7S.C29H29N3O7S/c1-17(2)26(30(36)37)32-41(38,39)22-15-11-20(12-16-22)19-9-13-21(14-10-19)31-28(34)27-18(3)25-23(29(35)33(4)5)7-6-8-24(25)40-27;1-16(2)25(29(35)36)32-40(37,38)21-14-10-19(11-15-21)18-8-12-20(13-9-18)31-28(34)26-17(3)24-22(27(33)30-4)6-5-7-23(24)39-26/h6-17,26,32H,1-5H3,(H,31,34)(H,36,37);5-16,25,32H,1-4H3,(H,30,33)(H,31,34)(H,35,36)/t26-;25-/m00/s1. The van der Waals surface area contributed by atoms with E-state index in [2.05, 4.69) is 25.4 Å². The smallest absolute Gasteiger partial charge is 0.322 e. The fraction of sp³-hybridized carbons (Fsp3) is 0.220. The van der Waals surface area contributed by atoms with E-state index in [9.17, 15) is 55.8 Å². The van der Waals surface area contributed by atoms with Gasteiger partial charge in [-0.15, -0.1) is 0 Å². The Morgan fingerprint density at radius 3 is 1.14 bits per heavy atom. The van der Waals surface area contributed by atoms with Crippen molar-refractivity contribution in [2.45, 2.75) is 63.4 Å². The molecule has 0 spiro atoms. The number of hydrogen-bond acceptors (Lipinski definition) is 12. The molecule has 4 amide bonds. The molecule has 2 atom stereocenters. The van der Waals surface area contributed by atoms with Gasteiger partial charge in [-0.05, 0) is 121 Å². The van der Waals surface area contributed by atoms with Gasteiger partial charge in [-0.1, -0.05) is 88.4 Å². The third kappa shape index (κ3) is 13.4. The van der Waals surface area contributed by atoms with E-state index >= 15 is 0 Å². The van der Waals surface area contributed by atoms with Crippen molar-refractivity contribution in [1.29, 1.82) is 0 Å². The number of hydrogen-bond donors (Lipinski definition) is 7. The molecule has 0 saturated heterocycles. The summed E-state index contributed by atoms with van der Waals surface area (Å²) in [5.41, 5.74) is 6.89. The zero-order valence-corrected chi connectivity index (χ0v) is 47.2. The molecular formula is C59H60N6O14S2. The highest BCUT2D eigenvalue weighted by Crippen LogP contribution is 2.32. The first-order valence-corrected chi connectivity index (χ1v) is 28.2. The Kier molecular flexibility index (Phi) is 18.1. The molecule has 20 nitrogen and oxygen atoms in total. The second kappa shape index (κ2) is 24.6. The van der Waals surface area contributed by atoms with Crippen LogP contribution in [-0.2, 0) is 29.6 Å². The van der Waals surface area contributed by atoms with Crippen molar-refractivity contribution >= 4 is 88.9 Å². The maximum atomic E-state index is 13.1. The van der Waals surface area contributed by atoms with Gasteiger partial charge in [-0.3, -0.25) is 28.8 Å². The number of amides is 4. The van der Waals surface area contributed by atoms with Crippen molar-refractivity contribution in [3.63, 3.8) is 0 Å². The van der Waals surface area contributed by atoms with Gasteiger partial charge in [0, 0.05) is 54.4 Å². The van der Waals surface area contributed by atoms with E-state index in [4.69, 9.17) is 8.83 Å². The van der Waals surface area contributed by atoms with Gasteiger partial charge in [0.05, 0.1) is 20.9 Å². The van der Waals surface area contributed by atoms with Gasteiger partial charge in [0.2, 0.25) is 20.0 Å². The Balaban J connectivity index is 0.000000234. The molecule has 8 rings (SSSR count). The summed E-state index contributed by atoms with van der Waals surface area (Å²) in [6.07, 6.45) is 0. The summed E-state index contributed by atoms with van der Waals surface area (Å²) in [7, 11) is -3.21. The summed E-state index contributed by atoms with van der Waals surface area (Å²) in [4.78, 5) is 75.1. The maximum Gasteiger partial charge on any atom is 0.322 e. The molecule has 0 aliphatic rings. The van der Waals surface area contributed by atoms with E-state index in [-0.39, 0.29) is 33.1 Å². The minimum atomic E-state index is -4.03. The second-order valence-electron chi connectivity index (χ2n) is 19.7. The van der Waals surface area contributed by atoms with Gasteiger partial charge in [0.25, 0.3) is 23.6 Å². The fourth-order valence-electron chi connectivity index (χ4n) is 8.72. The van der Waals surface area contributed by atoms with Gasteiger partial charge in [0.1, 0.15) is 23.2 Å². The van der Waals surface area contributed by atoms with E-state index in [1.807, 2.05) is 0 Å². The third-order valence-corrected chi connectivity index (χ3v) is 16.1. The summed E-state index contributed by atoms with van der Waals surface area (Å²) >= 11 is 0. The summed E-state index contributed by atoms with van der Waals surface area (Å²) in [5.74, 6) is -4.53. The number of carbonyl (C=O) groups is 6. The molecule has 0 saturated carbocycles. The maximum absolute atomic E-state index is 13.1. The summed E-state index contributed by atoms with van der Waals surface area (Å²) in [6.45, 7) is 9.95. The lowest BCUT2D eigenvalue weighted by atomic mass is 10.0. The highest BCUT2D eigenvalue weighted by Gasteiger charge is 2.30. The largest absolute Gasteiger partial charge is 0.480 e. The number of anilines is 2. The highest BCUT2D eigenvalue weighted by molar-refractivity contribution is 7.89. The number of fused-ring (bicyclic) bond motifs is 2. The van der Waals surface area contributed by atoms with Crippen LogP contribution < -0.4 is 25.4 Å². The number of benzene rings is 6. The molecular weight excluding hydrogens is 1080 g/mol. The van der Waals surface area contributed by atoms with Crippen LogP contribution in [0.5, 0.6) is 0 Å². The predicted octanol–water partition coefficient (Wildman–Crippen LogP) is 9.16. The van der Waals surface area contributed by atoms with Gasteiger partial charge in [-0.2, -0.15) is 9.44 Å². The van der Waals surface area contributed by atoms with Gasteiger partial charge >= 0.3 is 11.9 Å². The Bertz CT molecular complexity index is 3930. The summed E-state index contributed by atoms with van der Waals surface area (Å²) in [5, 5.41) is 28.0. The van der Waals surface area contributed by atoms with E-state index in [1.165, 1.54) is 36.2 Å². The van der Waals surface area contributed by atoms with E-state index in [0.717, 1.165) is 22.3 Å². The molecule has 0 fully saturated rings.